The second-order valence-electron chi connectivity index (χ2n) is 8.92. The molecule has 40 heavy (non-hydrogen) atoms. The van der Waals surface area contributed by atoms with Gasteiger partial charge in [-0.2, -0.15) is 10.1 Å². The Labute approximate surface area is 229 Å². The molecule has 0 atom stereocenters. The van der Waals surface area contributed by atoms with Crippen LogP contribution in [0.1, 0.15) is 11.1 Å². The van der Waals surface area contributed by atoms with Gasteiger partial charge in [-0.25, -0.2) is 20.0 Å². The summed E-state index contributed by atoms with van der Waals surface area (Å²) in [6, 6.07) is 30.7. The summed E-state index contributed by atoms with van der Waals surface area (Å²) in [7, 11) is 0. The van der Waals surface area contributed by atoms with Gasteiger partial charge in [-0.3, -0.25) is 9.97 Å². The molecule has 0 amide bonds. The lowest BCUT2D eigenvalue weighted by Gasteiger charge is -2.17. The number of benzene rings is 1. The molecule has 0 N–H and O–H groups in total. The van der Waals surface area contributed by atoms with Gasteiger partial charge in [-0.1, -0.05) is 30.3 Å². The SMILES string of the molecule is c1ccc(-c2cccc(N3CN=C(c4cccc(C5=NCN(c6cccc(-c7ccccn7)n6)O5)c4)O3)n2)nc1. The molecule has 0 aliphatic carbocycles. The molecule has 1 aromatic carbocycles. The summed E-state index contributed by atoms with van der Waals surface area (Å²) in [4.78, 5) is 39.5. The van der Waals surface area contributed by atoms with E-state index < -0.39 is 0 Å². The third-order valence-corrected chi connectivity index (χ3v) is 6.27. The van der Waals surface area contributed by atoms with Gasteiger partial charge in [-0.05, 0) is 66.7 Å². The van der Waals surface area contributed by atoms with Gasteiger partial charge < -0.3 is 9.68 Å². The van der Waals surface area contributed by atoms with E-state index >= 15 is 0 Å². The Kier molecular flexibility index (Phi) is 6.02. The van der Waals surface area contributed by atoms with Crippen molar-refractivity contribution in [3.05, 3.63) is 121 Å². The molecule has 0 saturated heterocycles. The zero-order valence-corrected chi connectivity index (χ0v) is 21.2. The zero-order chi connectivity index (χ0) is 26.7. The van der Waals surface area contributed by atoms with E-state index in [2.05, 4.69) is 20.0 Å². The fourth-order valence-corrected chi connectivity index (χ4v) is 4.33. The third-order valence-electron chi connectivity index (χ3n) is 6.27. The first-order chi connectivity index (χ1) is 19.8. The summed E-state index contributed by atoms with van der Waals surface area (Å²) in [6.45, 7) is 0.642. The Balaban J connectivity index is 1.05. The number of aliphatic imine (C=N–C) groups is 2. The molecule has 6 heterocycles. The fourth-order valence-electron chi connectivity index (χ4n) is 4.33. The molecule has 0 unspecified atom stereocenters. The Hall–Kier alpha value is -5.64. The van der Waals surface area contributed by atoms with E-state index in [1.54, 1.807) is 22.5 Å². The second kappa shape index (κ2) is 10.3. The van der Waals surface area contributed by atoms with Crippen LogP contribution >= 0.6 is 0 Å². The highest BCUT2D eigenvalue weighted by atomic mass is 16.7. The fraction of sp³-hybridized carbons (Fsp3) is 0.0667. The first-order valence-corrected chi connectivity index (χ1v) is 12.7. The standard InChI is InChI=1S/C30H22N8O2/c1-3-16-31-23(10-1)25-12-6-14-27(35-25)37-19-33-29(39-37)21-8-5-9-22(18-21)30-34-20-38(40-30)28-15-7-13-26(36-28)24-11-2-4-17-32-24/h1-18H,19-20H2. The molecule has 194 valence electrons. The minimum absolute atomic E-state index is 0.321. The van der Waals surface area contributed by atoms with E-state index in [0.717, 1.165) is 33.9 Å². The number of hydroxylamine groups is 2. The summed E-state index contributed by atoms with van der Waals surface area (Å²) in [5.41, 5.74) is 4.72. The van der Waals surface area contributed by atoms with E-state index in [-0.39, 0.29) is 0 Å². The first kappa shape index (κ1) is 23.5. The quantitative estimate of drug-likeness (QED) is 0.308. The summed E-state index contributed by atoms with van der Waals surface area (Å²) < 4.78 is 0. The predicted octanol–water partition coefficient (Wildman–Crippen LogP) is 4.91. The smallest absolute Gasteiger partial charge is 0.250 e. The lowest BCUT2D eigenvalue weighted by atomic mass is 10.1. The van der Waals surface area contributed by atoms with Gasteiger partial charge in [0.1, 0.15) is 0 Å². The van der Waals surface area contributed by atoms with E-state index in [9.17, 15) is 0 Å². The van der Waals surface area contributed by atoms with Crippen molar-refractivity contribution in [2.75, 3.05) is 23.5 Å². The molecule has 2 aliphatic heterocycles. The van der Waals surface area contributed by atoms with Crippen molar-refractivity contribution in [2.45, 2.75) is 0 Å². The summed E-state index contributed by atoms with van der Waals surface area (Å²) in [5, 5.41) is 3.31. The number of hydrogen-bond acceptors (Lipinski definition) is 10. The normalized spacial score (nSPS) is 14.4. The van der Waals surface area contributed by atoms with E-state index in [1.807, 2.05) is 97.1 Å². The van der Waals surface area contributed by atoms with Crippen LogP contribution < -0.4 is 10.1 Å². The number of anilines is 2. The molecule has 7 rings (SSSR count). The Bertz CT molecular complexity index is 1600. The minimum atomic E-state index is 0.321. The highest BCUT2D eigenvalue weighted by Crippen LogP contribution is 2.25. The molecule has 0 fully saturated rings. The van der Waals surface area contributed by atoms with Crippen LogP contribution in [0.4, 0.5) is 11.6 Å². The van der Waals surface area contributed by atoms with E-state index in [1.165, 1.54) is 0 Å². The van der Waals surface area contributed by atoms with E-state index in [4.69, 9.17) is 19.6 Å². The Morgan fingerprint density at radius 2 is 0.975 bits per heavy atom. The van der Waals surface area contributed by atoms with Gasteiger partial charge in [0.05, 0.1) is 22.8 Å². The maximum atomic E-state index is 6.08. The molecule has 5 aromatic rings. The van der Waals surface area contributed by atoms with Crippen LogP contribution in [-0.4, -0.2) is 45.1 Å². The maximum Gasteiger partial charge on any atom is 0.250 e. The molecule has 0 radical (unpaired) electrons. The predicted molar refractivity (Wildman–Crippen MR) is 151 cm³/mol. The van der Waals surface area contributed by atoms with E-state index in [0.29, 0.717) is 36.8 Å². The van der Waals surface area contributed by atoms with Crippen molar-refractivity contribution in [3.8, 4) is 22.8 Å². The van der Waals surface area contributed by atoms with Crippen LogP contribution in [0.25, 0.3) is 22.8 Å². The number of nitrogens with zero attached hydrogens (tertiary/aromatic N) is 8. The van der Waals surface area contributed by atoms with Gasteiger partial charge in [0.15, 0.2) is 25.0 Å². The number of rotatable bonds is 6. The van der Waals surface area contributed by atoms with Crippen LogP contribution in [0.15, 0.2) is 119 Å². The lowest BCUT2D eigenvalue weighted by Crippen LogP contribution is -2.22. The molecule has 10 nitrogen and oxygen atoms in total. The topological polar surface area (TPSA) is 101 Å². The largest absolute Gasteiger partial charge is 0.355 e. The Morgan fingerprint density at radius 1 is 0.500 bits per heavy atom. The second-order valence-corrected chi connectivity index (χ2v) is 8.92. The van der Waals surface area contributed by atoms with Crippen LogP contribution in [0.2, 0.25) is 0 Å². The molecule has 0 bridgehead atoms. The van der Waals surface area contributed by atoms with Gasteiger partial charge in [0.25, 0.3) is 11.8 Å². The summed E-state index contributed by atoms with van der Waals surface area (Å²) >= 11 is 0. The van der Waals surface area contributed by atoms with Gasteiger partial charge in [0.2, 0.25) is 0 Å². The summed E-state index contributed by atoms with van der Waals surface area (Å²) in [5.74, 6) is 2.29. The first-order valence-electron chi connectivity index (χ1n) is 12.7. The highest BCUT2D eigenvalue weighted by molar-refractivity contribution is 6.01. The van der Waals surface area contributed by atoms with Crippen molar-refractivity contribution < 1.29 is 9.68 Å². The Morgan fingerprint density at radius 3 is 1.45 bits per heavy atom. The van der Waals surface area contributed by atoms with Gasteiger partial charge in [-0.15, -0.1) is 0 Å². The van der Waals surface area contributed by atoms with Gasteiger partial charge >= 0.3 is 0 Å². The van der Waals surface area contributed by atoms with Crippen molar-refractivity contribution >= 4 is 23.4 Å². The minimum Gasteiger partial charge on any atom is -0.355 e. The maximum absolute atomic E-state index is 6.08. The van der Waals surface area contributed by atoms with Crippen molar-refractivity contribution in [1.29, 1.82) is 0 Å². The number of pyridine rings is 4. The molecular weight excluding hydrogens is 504 g/mol. The monoisotopic (exact) mass is 526 g/mol. The summed E-state index contributed by atoms with van der Waals surface area (Å²) in [6.07, 6.45) is 3.50. The molecule has 2 aliphatic rings. The van der Waals surface area contributed by atoms with Gasteiger partial charge in [0, 0.05) is 23.5 Å². The van der Waals surface area contributed by atoms with Crippen LogP contribution in [0, 0.1) is 0 Å². The number of hydrogen-bond donors (Lipinski definition) is 0. The van der Waals surface area contributed by atoms with Crippen molar-refractivity contribution in [1.82, 2.24) is 19.9 Å². The lowest BCUT2D eigenvalue weighted by molar-refractivity contribution is 0.296. The molecular formula is C30H22N8O2. The molecule has 4 aromatic heterocycles. The molecule has 10 heteroatoms. The van der Waals surface area contributed by atoms with Crippen molar-refractivity contribution in [3.63, 3.8) is 0 Å². The molecule has 0 saturated carbocycles. The van der Waals surface area contributed by atoms with Crippen LogP contribution in [-0.2, 0) is 9.68 Å². The highest BCUT2D eigenvalue weighted by Gasteiger charge is 2.25. The number of aromatic nitrogens is 4. The third kappa shape index (κ3) is 4.69. The average Bonchev–Trinajstić information content (AvgIpc) is 3.74. The van der Waals surface area contributed by atoms with Crippen LogP contribution in [0.3, 0.4) is 0 Å². The molecule has 0 spiro atoms. The van der Waals surface area contributed by atoms with Crippen molar-refractivity contribution in [2.24, 2.45) is 9.98 Å². The zero-order valence-electron chi connectivity index (χ0n) is 21.2. The average molecular weight is 527 g/mol. The van der Waals surface area contributed by atoms with Crippen LogP contribution in [0.5, 0.6) is 0 Å².